The molecule has 0 aliphatic heterocycles. The van der Waals surface area contributed by atoms with Gasteiger partial charge in [0.05, 0.1) is 0 Å². The van der Waals surface area contributed by atoms with E-state index in [1.165, 1.54) is 25.7 Å². The van der Waals surface area contributed by atoms with E-state index < -0.39 is 0 Å². The van der Waals surface area contributed by atoms with Crippen molar-refractivity contribution in [2.75, 3.05) is 0 Å². The molecule has 0 saturated heterocycles. The predicted molar refractivity (Wildman–Crippen MR) is 45.7 cm³/mol. The lowest BCUT2D eigenvalue weighted by molar-refractivity contribution is 0.262. The van der Waals surface area contributed by atoms with Gasteiger partial charge in [-0.05, 0) is 43.9 Å². The van der Waals surface area contributed by atoms with Gasteiger partial charge in [0.25, 0.3) is 0 Å². The molecule has 2 bridgehead atoms. The number of hydrogen-bond acceptors (Lipinski definition) is 2. The van der Waals surface area contributed by atoms with Crippen molar-refractivity contribution in [3.05, 3.63) is 0 Å². The van der Waals surface area contributed by atoms with Crippen LogP contribution in [-0.4, -0.2) is 6.04 Å². The van der Waals surface area contributed by atoms with Crippen LogP contribution in [0.3, 0.4) is 0 Å². The van der Waals surface area contributed by atoms with E-state index in [1.807, 2.05) is 0 Å². The summed E-state index contributed by atoms with van der Waals surface area (Å²) in [5, 5.41) is 0. The molecule has 2 saturated carbocycles. The van der Waals surface area contributed by atoms with E-state index >= 15 is 0 Å². The second kappa shape index (κ2) is 2.76. The Kier molecular flexibility index (Phi) is 1.90. The maximum atomic E-state index is 5.43. The molecule has 2 nitrogen and oxygen atoms in total. The van der Waals surface area contributed by atoms with Crippen LogP contribution in [0.5, 0.6) is 0 Å². The van der Waals surface area contributed by atoms with Crippen molar-refractivity contribution in [2.45, 2.75) is 38.6 Å². The highest BCUT2D eigenvalue weighted by molar-refractivity contribution is 4.93. The molecule has 2 aliphatic carbocycles. The largest absolute Gasteiger partial charge is 0.271 e. The molecule has 64 valence electrons. The summed E-state index contributed by atoms with van der Waals surface area (Å²) in [7, 11) is 0. The molecule has 2 heteroatoms. The molecule has 2 fully saturated rings. The second-order valence-electron chi connectivity index (χ2n) is 4.29. The lowest BCUT2D eigenvalue weighted by Crippen LogP contribution is -2.40. The van der Waals surface area contributed by atoms with Crippen LogP contribution in [0.2, 0.25) is 0 Å². The van der Waals surface area contributed by atoms with Crippen LogP contribution in [0, 0.1) is 17.8 Å². The second-order valence-corrected chi connectivity index (χ2v) is 4.29. The minimum atomic E-state index is 0.533. The first-order chi connectivity index (χ1) is 5.31. The van der Waals surface area contributed by atoms with Crippen LogP contribution < -0.4 is 11.3 Å². The Bertz CT molecular complexity index is 146. The van der Waals surface area contributed by atoms with Crippen molar-refractivity contribution in [1.82, 2.24) is 5.43 Å². The van der Waals surface area contributed by atoms with Gasteiger partial charge in [0, 0.05) is 6.04 Å². The van der Waals surface area contributed by atoms with Crippen LogP contribution in [0.15, 0.2) is 0 Å². The van der Waals surface area contributed by atoms with Crippen molar-refractivity contribution in [2.24, 2.45) is 23.6 Å². The summed E-state index contributed by atoms with van der Waals surface area (Å²) in [5.74, 6) is 8.34. The Morgan fingerprint density at radius 2 is 2.18 bits per heavy atom. The first kappa shape index (κ1) is 7.56. The van der Waals surface area contributed by atoms with E-state index in [0.717, 1.165) is 17.8 Å². The number of nitrogens with one attached hydrogen (secondary N) is 1. The molecule has 0 heterocycles. The lowest BCUT2D eigenvalue weighted by atomic mass is 9.84. The van der Waals surface area contributed by atoms with Gasteiger partial charge in [0.15, 0.2) is 0 Å². The van der Waals surface area contributed by atoms with E-state index in [4.69, 9.17) is 5.84 Å². The van der Waals surface area contributed by atoms with E-state index in [0.29, 0.717) is 6.04 Å². The number of fused-ring (bicyclic) bond motifs is 2. The molecule has 2 rings (SSSR count). The molecule has 2 aliphatic rings. The highest BCUT2D eigenvalue weighted by Crippen LogP contribution is 2.49. The maximum Gasteiger partial charge on any atom is 0.0213 e. The summed E-state index contributed by atoms with van der Waals surface area (Å²) in [6.45, 7) is 2.21. The molecule has 4 atom stereocenters. The van der Waals surface area contributed by atoms with Gasteiger partial charge >= 0.3 is 0 Å². The topological polar surface area (TPSA) is 38.0 Å². The van der Waals surface area contributed by atoms with Crippen molar-refractivity contribution >= 4 is 0 Å². The normalized spacial score (nSPS) is 44.7. The zero-order valence-electron chi connectivity index (χ0n) is 7.22. The lowest BCUT2D eigenvalue weighted by Gasteiger charge is -2.26. The van der Waals surface area contributed by atoms with E-state index in [-0.39, 0.29) is 0 Å². The van der Waals surface area contributed by atoms with Crippen LogP contribution >= 0.6 is 0 Å². The van der Waals surface area contributed by atoms with Gasteiger partial charge in [-0.3, -0.25) is 11.3 Å². The zero-order chi connectivity index (χ0) is 7.84. The molecule has 0 spiro atoms. The quantitative estimate of drug-likeness (QED) is 0.464. The minimum absolute atomic E-state index is 0.533. The first-order valence-corrected chi connectivity index (χ1v) is 4.77. The fourth-order valence-electron chi connectivity index (χ4n) is 3.03. The minimum Gasteiger partial charge on any atom is -0.271 e. The summed E-state index contributed by atoms with van der Waals surface area (Å²) in [5.41, 5.74) is 2.89. The van der Waals surface area contributed by atoms with Crippen LogP contribution in [-0.2, 0) is 0 Å². The molecule has 0 aromatic carbocycles. The fourth-order valence-corrected chi connectivity index (χ4v) is 3.03. The Morgan fingerprint density at radius 1 is 1.36 bits per heavy atom. The molecular formula is C9H18N2. The third-order valence-corrected chi connectivity index (χ3v) is 3.70. The Hall–Kier alpha value is -0.0800. The third-order valence-electron chi connectivity index (χ3n) is 3.70. The highest BCUT2D eigenvalue weighted by atomic mass is 15.2. The molecule has 0 aromatic heterocycles. The summed E-state index contributed by atoms with van der Waals surface area (Å²) in [4.78, 5) is 0. The average Bonchev–Trinajstić information content (AvgIpc) is 2.62. The summed E-state index contributed by atoms with van der Waals surface area (Å²) in [6, 6.07) is 0.533. The van der Waals surface area contributed by atoms with E-state index in [9.17, 15) is 0 Å². The SMILES string of the molecule is C[C@H](NN)[C@@H]1C[C@@H]2CC[C@@H]1C2. The van der Waals surface area contributed by atoms with E-state index in [2.05, 4.69) is 12.3 Å². The van der Waals surface area contributed by atoms with Gasteiger partial charge < -0.3 is 0 Å². The van der Waals surface area contributed by atoms with Crippen LogP contribution in [0.4, 0.5) is 0 Å². The number of hydrogen-bond donors (Lipinski definition) is 2. The Balaban J connectivity index is 1.96. The zero-order valence-corrected chi connectivity index (χ0v) is 7.22. The van der Waals surface area contributed by atoms with Crippen molar-refractivity contribution in [3.8, 4) is 0 Å². The number of hydrazine groups is 1. The third kappa shape index (κ3) is 1.18. The maximum absolute atomic E-state index is 5.43. The summed E-state index contributed by atoms with van der Waals surface area (Å²) < 4.78 is 0. The van der Waals surface area contributed by atoms with Gasteiger partial charge in [-0.15, -0.1) is 0 Å². The van der Waals surface area contributed by atoms with Gasteiger partial charge in [-0.1, -0.05) is 6.42 Å². The number of nitrogens with two attached hydrogens (primary N) is 1. The molecule has 0 radical (unpaired) electrons. The number of rotatable bonds is 2. The van der Waals surface area contributed by atoms with Gasteiger partial charge in [0.1, 0.15) is 0 Å². The predicted octanol–water partition coefficient (Wildman–Crippen LogP) is 1.27. The highest BCUT2D eigenvalue weighted by Gasteiger charge is 2.41. The summed E-state index contributed by atoms with van der Waals surface area (Å²) >= 11 is 0. The van der Waals surface area contributed by atoms with Crippen molar-refractivity contribution < 1.29 is 0 Å². The first-order valence-electron chi connectivity index (χ1n) is 4.77. The van der Waals surface area contributed by atoms with Crippen LogP contribution in [0.25, 0.3) is 0 Å². The molecular weight excluding hydrogens is 136 g/mol. The monoisotopic (exact) mass is 154 g/mol. The van der Waals surface area contributed by atoms with Crippen LogP contribution in [0.1, 0.15) is 32.6 Å². The average molecular weight is 154 g/mol. The summed E-state index contributed by atoms with van der Waals surface area (Å²) in [6.07, 6.45) is 5.85. The molecule has 0 aromatic rings. The van der Waals surface area contributed by atoms with Gasteiger partial charge in [-0.25, -0.2) is 0 Å². The fraction of sp³-hybridized carbons (Fsp3) is 1.00. The smallest absolute Gasteiger partial charge is 0.0213 e. The molecule has 3 N–H and O–H groups in total. The Labute approximate surface area is 68.5 Å². The molecule has 0 amide bonds. The van der Waals surface area contributed by atoms with Crippen molar-refractivity contribution in [1.29, 1.82) is 0 Å². The van der Waals surface area contributed by atoms with Gasteiger partial charge in [0.2, 0.25) is 0 Å². The standard InChI is InChI=1S/C9H18N2/c1-6(11-10)9-5-7-2-3-8(9)4-7/h6-9,11H,2-5,10H2,1H3/t6-,7+,8+,9-/m0/s1. The van der Waals surface area contributed by atoms with Crippen molar-refractivity contribution in [3.63, 3.8) is 0 Å². The molecule has 0 unspecified atom stereocenters. The van der Waals surface area contributed by atoms with E-state index in [1.54, 1.807) is 0 Å². The Morgan fingerprint density at radius 3 is 2.64 bits per heavy atom. The van der Waals surface area contributed by atoms with Gasteiger partial charge in [-0.2, -0.15) is 0 Å². The molecule has 11 heavy (non-hydrogen) atoms.